The second-order valence-corrected chi connectivity index (χ2v) is 9.00. The van der Waals surface area contributed by atoms with Crippen LogP contribution in [0.25, 0.3) is 0 Å². The Balaban J connectivity index is 1.57. The van der Waals surface area contributed by atoms with Crippen LogP contribution in [0.5, 0.6) is 0 Å². The Kier molecular flexibility index (Phi) is 5.57. The number of hydrogen-bond acceptors (Lipinski definition) is 3. The van der Waals surface area contributed by atoms with E-state index in [1.54, 1.807) is 0 Å². The lowest BCUT2D eigenvalue weighted by molar-refractivity contribution is -0.148. The van der Waals surface area contributed by atoms with Crippen molar-refractivity contribution in [3.05, 3.63) is 47.5 Å². The second kappa shape index (κ2) is 8.13. The van der Waals surface area contributed by atoms with E-state index in [-0.39, 0.29) is 41.5 Å². The topological polar surface area (TPSA) is 66.5 Å². The summed E-state index contributed by atoms with van der Waals surface area (Å²) in [6.45, 7) is 4.05. The van der Waals surface area contributed by atoms with Gasteiger partial charge in [-0.3, -0.25) is 19.3 Å². The summed E-state index contributed by atoms with van der Waals surface area (Å²) < 4.78 is 0. The zero-order valence-corrected chi connectivity index (χ0v) is 17.3. The van der Waals surface area contributed by atoms with E-state index >= 15 is 0 Å². The van der Waals surface area contributed by atoms with E-state index in [1.807, 2.05) is 38.1 Å². The SMILES string of the molecule is CC(C)C[C@@H](C(=O)N[C@H]1CCCc2ccccc21)N1C(=O)[C@H]2CC=CC[C@H]2C1=O. The Morgan fingerprint density at radius 3 is 2.41 bits per heavy atom. The van der Waals surface area contributed by atoms with E-state index < -0.39 is 6.04 Å². The summed E-state index contributed by atoms with van der Waals surface area (Å²) in [5.74, 6) is -0.946. The summed E-state index contributed by atoms with van der Waals surface area (Å²) in [4.78, 5) is 40.8. The molecule has 4 atom stereocenters. The van der Waals surface area contributed by atoms with E-state index in [0.29, 0.717) is 19.3 Å². The van der Waals surface area contributed by atoms with Gasteiger partial charge in [0.25, 0.3) is 0 Å². The quantitative estimate of drug-likeness (QED) is 0.614. The lowest BCUT2D eigenvalue weighted by atomic mass is 9.85. The molecule has 0 unspecified atom stereocenters. The van der Waals surface area contributed by atoms with Crippen molar-refractivity contribution in [2.45, 2.75) is 64.5 Å². The summed E-state index contributed by atoms with van der Waals surface area (Å²) in [5, 5.41) is 3.18. The highest BCUT2D eigenvalue weighted by Gasteiger charge is 2.51. The van der Waals surface area contributed by atoms with Crippen molar-refractivity contribution in [2.75, 3.05) is 0 Å². The lowest BCUT2D eigenvalue weighted by Crippen LogP contribution is -2.51. The minimum atomic E-state index is -0.727. The molecule has 0 saturated carbocycles. The fourth-order valence-electron chi connectivity index (χ4n) is 5.08. The third kappa shape index (κ3) is 3.75. The first-order valence-corrected chi connectivity index (χ1v) is 10.9. The van der Waals surface area contributed by atoms with Crippen LogP contribution in [0, 0.1) is 17.8 Å². The number of allylic oxidation sites excluding steroid dienone is 2. The summed E-state index contributed by atoms with van der Waals surface area (Å²) in [5.41, 5.74) is 2.43. The second-order valence-electron chi connectivity index (χ2n) is 9.00. The Hall–Kier alpha value is -2.43. The minimum absolute atomic E-state index is 0.0566. The van der Waals surface area contributed by atoms with Crippen LogP contribution >= 0.6 is 0 Å². The van der Waals surface area contributed by atoms with Crippen LogP contribution in [0.1, 0.15) is 63.1 Å². The van der Waals surface area contributed by atoms with Crippen molar-refractivity contribution in [2.24, 2.45) is 17.8 Å². The van der Waals surface area contributed by atoms with Gasteiger partial charge in [-0.25, -0.2) is 0 Å². The number of amides is 3. The monoisotopic (exact) mass is 394 g/mol. The van der Waals surface area contributed by atoms with E-state index in [9.17, 15) is 14.4 Å². The number of aryl methyl sites for hydroxylation is 1. The molecule has 5 heteroatoms. The van der Waals surface area contributed by atoms with Gasteiger partial charge in [0.1, 0.15) is 6.04 Å². The fourth-order valence-corrected chi connectivity index (χ4v) is 5.08. The van der Waals surface area contributed by atoms with Crippen molar-refractivity contribution in [1.29, 1.82) is 0 Å². The molecule has 5 nitrogen and oxygen atoms in total. The van der Waals surface area contributed by atoms with Gasteiger partial charge in [-0.05, 0) is 55.6 Å². The van der Waals surface area contributed by atoms with E-state index in [2.05, 4.69) is 17.4 Å². The van der Waals surface area contributed by atoms with Crippen molar-refractivity contribution in [3.8, 4) is 0 Å². The molecule has 1 aromatic rings. The van der Waals surface area contributed by atoms with Gasteiger partial charge in [0.15, 0.2) is 0 Å². The molecular weight excluding hydrogens is 364 g/mol. The summed E-state index contributed by atoms with van der Waals surface area (Å²) in [6, 6.07) is 7.43. The first-order chi connectivity index (χ1) is 14.0. The molecule has 0 bridgehead atoms. The molecule has 1 aromatic carbocycles. The number of nitrogens with zero attached hydrogens (tertiary/aromatic N) is 1. The molecule has 29 heavy (non-hydrogen) atoms. The highest BCUT2D eigenvalue weighted by molar-refractivity contribution is 6.08. The maximum atomic E-state index is 13.4. The van der Waals surface area contributed by atoms with Crippen LogP contribution in [0.3, 0.4) is 0 Å². The highest BCUT2D eigenvalue weighted by Crippen LogP contribution is 2.37. The van der Waals surface area contributed by atoms with Gasteiger partial charge >= 0.3 is 0 Å². The van der Waals surface area contributed by atoms with Crippen LogP contribution in [-0.4, -0.2) is 28.7 Å². The van der Waals surface area contributed by atoms with Gasteiger partial charge in [0.2, 0.25) is 17.7 Å². The normalized spacial score (nSPS) is 27.0. The zero-order chi connectivity index (χ0) is 20.5. The number of carbonyl (C=O) groups excluding carboxylic acids is 3. The minimum Gasteiger partial charge on any atom is -0.347 e. The predicted octanol–water partition coefficient (Wildman–Crippen LogP) is 3.55. The van der Waals surface area contributed by atoms with Crippen LogP contribution in [0.2, 0.25) is 0 Å². The molecule has 2 aliphatic carbocycles. The molecule has 154 valence electrons. The third-order valence-electron chi connectivity index (χ3n) is 6.54. The maximum absolute atomic E-state index is 13.4. The van der Waals surface area contributed by atoms with Gasteiger partial charge in [-0.15, -0.1) is 0 Å². The van der Waals surface area contributed by atoms with Crippen LogP contribution in [-0.2, 0) is 20.8 Å². The average molecular weight is 395 g/mol. The Morgan fingerprint density at radius 1 is 1.10 bits per heavy atom. The smallest absolute Gasteiger partial charge is 0.243 e. The number of rotatable bonds is 5. The molecule has 0 spiro atoms. The van der Waals surface area contributed by atoms with Gasteiger partial charge < -0.3 is 5.32 Å². The summed E-state index contributed by atoms with van der Waals surface area (Å²) in [6.07, 6.45) is 8.57. The Bertz CT molecular complexity index is 818. The molecule has 1 N–H and O–H groups in total. The first-order valence-electron chi connectivity index (χ1n) is 10.9. The molecule has 3 amide bonds. The van der Waals surface area contributed by atoms with Crippen molar-refractivity contribution >= 4 is 17.7 Å². The number of nitrogens with one attached hydrogen (secondary N) is 1. The number of likely N-dealkylation sites (tertiary alicyclic amines) is 1. The van der Waals surface area contributed by atoms with Crippen molar-refractivity contribution in [1.82, 2.24) is 10.2 Å². The number of fused-ring (bicyclic) bond motifs is 2. The van der Waals surface area contributed by atoms with Gasteiger partial charge in [-0.1, -0.05) is 50.3 Å². The number of benzene rings is 1. The third-order valence-corrected chi connectivity index (χ3v) is 6.54. The molecule has 1 saturated heterocycles. The zero-order valence-electron chi connectivity index (χ0n) is 17.3. The summed E-state index contributed by atoms with van der Waals surface area (Å²) in [7, 11) is 0. The predicted molar refractivity (Wildman–Crippen MR) is 111 cm³/mol. The van der Waals surface area contributed by atoms with Crippen LogP contribution in [0.15, 0.2) is 36.4 Å². The standard InChI is InChI=1S/C24H30N2O3/c1-15(2)14-21(26-23(28)18-11-5-6-12-19(18)24(26)29)22(27)25-20-13-7-9-16-8-3-4-10-17(16)20/h3-6,8,10,15,18-21H,7,9,11-14H2,1-2H3,(H,25,27)/t18-,19+,20-,21-/m0/s1. The molecule has 1 heterocycles. The molecule has 3 aliphatic rings. The molecule has 0 aromatic heterocycles. The molecule has 1 aliphatic heterocycles. The highest BCUT2D eigenvalue weighted by atomic mass is 16.2. The lowest BCUT2D eigenvalue weighted by Gasteiger charge is -2.31. The van der Waals surface area contributed by atoms with Crippen LogP contribution < -0.4 is 5.32 Å². The van der Waals surface area contributed by atoms with E-state index in [0.717, 1.165) is 24.8 Å². The molecule has 1 fully saturated rings. The largest absolute Gasteiger partial charge is 0.347 e. The van der Waals surface area contributed by atoms with Gasteiger partial charge in [0.05, 0.1) is 17.9 Å². The Morgan fingerprint density at radius 2 is 1.76 bits per heavy atom. The van der Waals surface area contributed by atoms with Crippen molar-refractivity contribution in [3.63, 3.8) is 0 Å². The molecule has 4 rings (SSSR count). The number of imide groups is 1. The number of carbonyl (C=O) groups is 3. The van der Waals surface area contributed by atoms with Gasteiger partial charge in [0, 0.05) is 0 Å². The molecular formula is C24H30N2O3. The maximum Gasteiger partial charge on any atom is 0.243 e. The van der Waals surface area contributed by atoms with Crippen molar-refractivity contribution < 1.29 is 14.4 Å². The summed E-state index contributed by atoms with van der Waals surface area (Å²) >= 11 is 0. The fraction of sp³-hybridized carbons (Fsp3) is 0.542. The first kappa shape index (κ1) is 19.9. The number of hydrogen-bond donors (Lipinski definition) is 1. The van der Waals surface area contributed by atoms with Crippen LogP contribution in [0.4, 0.5) is 0 Å². The van der Waals surface area contributed by atoms with E-state index in [1.165, 1.54) is 10.5 Å². The average Bonchev–Trinajstić information content (AvgIpc) is 2.97. The Labute approximate surface area is 172 Å². The molecule has 0 radical (unpaired) electrons. The van der Waals surface area contributed by atoms with E-state index in [4.69, 9.17) is 0 Å². The van der Waals surface area contributed by atoms with Gasteiger partial charge in [-0.2, -0.15) is 0 Å².